The van der Waals surface area contributed by atoms with Crippen LogP contribution in [0.2, 0.25) is 0 Å². The van der Waals surface area contributed by atoms with Crippen molar-refractivity contribution in [3.05, 3.63) is 34.1 Å². The zero-order valence-corrected chi connectivity index (χ0v) is 14.4. The SMILES string of the molecule is CC(C)C[S@@+]([O-])N[C@H](C#N)C1(c2ccc(Br)c(F)c2)CC1. The smallest absolute Gasteiger partial charge is 0.148 e. The molecular weight excluding hydrogens is 355 g/mol. The summed E-state index contributed by atoms with van der Waals surface area (Å²) in [7, 11) is 0. The fourth-order valence-corrected chi connectivity index (χ4v) is 3.92. The van der Waals surface area contributed by atoms with Crippen LogP contribution in [0.3, 0.4) is 0 Å². The largest absolute Gasteiger partial charge is 0.598 e. The minimum Gasteiger partial charge on any atom is -0.598 e. The molecule has 1 saturated carbocycles. The summed E-state index contributed by atoms with van der Waals surface area (Å²) < 4.78 is 29.1. The Morgan fingerprint density at radius 3 is 2.67 bits per heavy atom. The molecule has 0 unspecified atom stereocenters. The van der Waals surface area contributed by atoms with Gasteiger partial charge in [-0.05, 0) is 52.4 Å². The molecule has 0 aliphatic heterocycles. The lowest BCUT2D eigenvalue weighted by molar-refractivity contribution is 0.520. The first-order valence-corrected chi connectivity index (χ1v) is 9.00. The molecule has 114 valence electrons. The van der Waals surface area contributed by atoms with Crippen molar-refractivity contribution in [1.82, 2.24) is 4.72 Å². The molecule has 0 amide bonds. The molecule has 0 heterocycles. The van der Waals surface area contributed by atoms with E-state index in [0.29, 0.717) is 10.2 Å². The Labute approximate surface area is 136 Å². The van der Waals surface area contributed by atoms with Gasteiger partial charge in [0.15, 0.2) is 0 Å². The number of halogens is 2. The number of rotatable bonds is 6. The summed E-state index contributed by atoms with van der Waals surface area (Å²) >= 11 is 1.89. The summed E-state index contributed by atoms with van der Waals surface area (Å²) in [4.78, 5) is 0. The molecule has 1 aromatic rings. The molecule has 6 heteroatoms. The van der Waals surface area contributed by atoms with Crippen LogP contribution in [0.25, 0.3) is 0 Å². The molecule has 1 fully saturated rings. The minimum absolute atomic E-state index is 0.290. The van der Waals surface area contributed by atoms with Gasteiger partial charge in [0.05, 0.1) is 10.5 Å². The van der Waals surface area contributed by atoms with E-state index in [1.54, 1.807) is 6.07 Å². The summed E-state index contributed by atoms with van der Waals surface area (Å²) in [6.07, 6.45) is 1.61. The number of nitriles is 1. The lowest BCUT2D eigenvalue weighted by Crippen LogP contribution is -2.44. The van der Waals surface area contributed by atoms with Crippen molar-refractivity contribution in [3.63, 3.8) is 0 Å². The van der Waals surface area contributed by atoms with Crippen LogP contribution < -0.4 is 4.72 Å². The second kappa shape index (κ2) is 6.66. The van der Waals surface area contributed by atoms with Crippen LogP contribution in [0.15, 0.2) is 22.7 Å². The fraction of sp³-hybridized carbons (Fsp3) is 0.533. The molecule has 0 radical (unpaired) electrons. The Bertz CT molecular complexity index is 557. The summed E-state index contributed by atoms with van der Waals surface area (Å²) in [5.74, 6) is 0.458. The van der Waals surface area contributed by atoms with Crippen molar-refractivity contribution < 1.29 is 8.94 Å². The average Bonchev–Trinajstić information content (AvgIpc) is 3.20. The van der Waals surface area contributed by atoms with Gasteiger partial charge in [-0.15, -0.1) is 4.72 Å². The van der Waals surface area contributed by atoms with Crippen molar-refractivity contribution in [2.45, 2.75) is 38.1 Å². The van der Waals surface area contributed by atoms with Gasteiger partial charge in [-0.2, -0.15) is 5.26 Å². The maximum Gasteiger partial charge on any atom is 0.148 e. The van der Waals surface area contributed by atoms with Gasteiger partial charge < -0.3 is 4.55 Å². The summed E-state index contributed by atoms with van der Waals surface area (Å²) in [6.45, 7) is 3.97. The molecule has 1 aromatic carbocycles. The van der Waals surface area contributed by atoms with E-state index in [4.69, 9.17) is 0 Å². The van der Waals surface area contributed by atoms with E-state index in [1.807, 2.05) is 19.9 Å². The zero-order chi connectivity index (χ0) is 15.6. The standard InChI is InChI=1S/C15H18BrFN2OS/c1-10(2)9-21(20)19-14(8-18)15(5-6-15)11-3-4-12(16)13(17)7-11/h3-4,7,10,14,19H,5-6,9H2,1-2H3/t14-,21-/m1/s1. The van der Waals surface area contributed by atoms with E-state index in [0.717, 1.165) is 18.4 Å². The van der Waals surface area contributed by atoms with Crippen molar-refractivity contribution in [1.29, 1.82) is 5.26 Å². The third-order valence-electron chi connectivity index (χ3n) is 3.70. The summed E-state index contributed by atoms with van der Waals surface area (Å²) in [5, 5.41) is 9.42. The van der Waals surface area contributed by atoms with Crippen LogP contribution in [-0.2, 0) is 16.8 Å². The normalized spacial score (nSPS) is 19.1. The molecule has 1 aliphatic rings. The average molecular weight is 373 g/mol. The number of benzene rings is 1. The molecule has 2 atom stereocenters. The van der Waals surface area contributed by atoms with Crippen LogP contribution in [0, 0.1) is 23.1 Å². The van der Waals surface area contributed by atoms with Crippen LogP contribution in [-0.4, -0.2) is 16.3 Å². The third-order valence-corrected chi connectivity index (χ3v) is 5.81. The molecular formula is C15H18BrFN2OS. The quantitative estimate of drug-likeness (QED) is 0.778. The van der Waals surface area contributed by atoms with Crippen LogP contribution >= 0.6 is 15.9 Å². The first-order valence-electron chi connectivity index (χ1n) is 6.89. The fourth-order valence-electron chi connectivity index (χ4n) is 2.43. The van der Waals surface area contributed by atoms with E-state index in [-0.39, 0.29) is 11.7 Å². The molecule has 3 nitrogen and oxygen atoms in total. The zero-order valence-electron chi connectivity index (χ0n) is 12.0. The number of nitrogens with one attached hydrogen (secondary N) is 1. The van der Waals surface area contributed by atoms with E-state index in [2.05, 4.69) is 26.7 Å². The van der Waals surface area contributed by atoms with Gasteiger partial charge in [0.1, 0.15) is 17.6 Å². The second-order valence-corrected chi connectivity index (χ2v) is 7.99. The van der Waals surface area contributed by atoms with Gasteiger partial charge in [-0.1, -0.05) is 19.9 Å². The molecule has 1 aliphatic carbocycles. The molecule has 0 spiro atoms. The van der Waals surface area contributed by atoms with E-state index < -0.39 is 22.8 Å². The van der Waals surface area contributed by atoms with Crippen molar-refractivity contribution >= 4 is 27.3 Å². The maximum atomic E-state index is 13.7. The molecule has 0 bridgehead atoms. The Hall–Kier alpha value is -0.610. The van der Waals surface area contributed by atoms with Gasteiger partial charge in [0.25, 0.3) is 0 Å². The molecule has 0 saturated heterocycles. The second-order valence-electron chi connectivity index (χ2n) is 5.87. The maximum absolute atomic E-state index is 13.7. The molecule has 2 rings (SSSR count). The van der Waals surface area contributed by atoms with E-state index >= 15 is 0 Å². The Balaban J connectivity index is 2.17. The highest BCUT2D eigenvalue weighted by Gasteiger charge is 2.53. The summed E-state index contributed by atoms with van der Waals surface area (Å²) in [6, 6.07) is 6.60. The van der Waals surface area contributed by atoms with Crippen LogP contribution in [0.4, 0.5) is 4.39 Å². The minimum atomic E-state index is -1.25. The van der Waals surface area contributed by atoms with Gasteiger partial charge in [0.2, 0.25) is 0 Å². The predicted octanol–water partition coefficient (Wildman–Crippen LogP) is 3.42. The first-order chi connectivity index (χ1) is 9.89. The number of nitrogens with zero attached hydrogens (tertiary/aromatic N) is 1. The summed E-state index contributed by atoms with van der Waals surface area (Å²) in [5.41, 5.74) is 0.381. The predicted molar refractivity (Wildman–Crippen MR) is 85.4 cm³/mol. The Morgan fingerprint density at radius 2 is 2.19 bits per heavy atom. The topological polar surface area (TPSA) is 58.9 Å². The van der Waals surface area contributed by atoms with Gasteiger partial charge >= 0.3 is 0 Å². The van der Waals surface area contributed by atoms with Crippen molar-refractivity contribution in [3.8, 4) is 6.07 Å². The monoisotopic (exact) mass is 372 g/mol. The highest BCUT2D eigenvalue weighted by molar-refractivity contribution is 9.10. The highest BCUT2D eigenvalue weighted by atomic mass is 79.9. The molecule has 1 N–H and O–H groups in total. The van der Waals surface area contributed by atoms with E-state index in [1.165, 1.54) is 6.07 Å². The lowest BCUT2D eigenvalue weighted by atomic mass is 9.89. The van der Waals surface area contributed by atoms with Crippen molar-refractivity contribution in [2.75, 3.05) is 5.75 Å². The van der Waals surface area contributed by atoms with E-state index in [9.17, 15) is 14.2 Å². The first kappa shape index (κ1) is 16.8. The van der Waals surface area contributed by atoms with Crippen LogP contribution in [0.1, 0.15) is 32.3 Å². The third kappa shape index (κ3) is 3.78. The van der Waals surface area contributed by atoms with Gasteiger partial charge in [0, 0.05) is 16.8 Å². The van der Waals surface area contributed by atoms with Gasteiger partial charge in [-0.3, -0.25) is 0 Å². The van der Waals surface area contributed by atoms with Crippen LogP contribution in [0.5, 0.6) is 0 Å². The Kier molecular flexibility index (Phi) is 5.31. The van der Waals surface area contributed by atoms with Crippen molar-refractivity contribution in [2.24, 2.45) is 5.92 Å². The Morgan fingerprint density at radius 1 is 1.52 bits per heavy atom. The lowest BCUT2D eigenvalue weighted by Gasteiger charge is -2.24. The number of hydrogen-bond donors (Lipinski definition) is 1. The molecule has 0 aromatic heterocycles. The highest BCUT2D eigenvalue weighted by Crippen LogP contribution is 2.51. The molecule has 21 heavy (non-hydrogen) atoms. The number of hydrogen-bond acceptors (Lipinski definition) is 3. The van der Waals surface area contributed by atoms with Gasteiger partial charge in [-0.25, -0.2) is 4.39 Å².